The molecule has 5 atom stereocenters. The van der Waals surface area contributed by atoms with Gasteiger partial charge in [0.15, 0.2) is 0 Å². The first kappa shape index (κ1) is 15.1. The minimum absolute atomic E-state index is 0.0975. The monoisotopic (exact) mass is 284 g/mol. The molecule has 1 aliphatic carbocycles. The molecule has 0 spiro atoms. The van der Waals surface area contributed by atoms with E-state index < -0.39 is 18.1 Å². The Morgan fingerprint density at radius 2 is 1.90 bits per heavy atom. The third kappa shape index (κ3) is 3.23. The highest BCUT2D eigenvalue weighted by atomic mass is 16.4. The number of amides is 2. The SMILES string of the molecule is CC1CCC(NC(=O)N2C[C@H](O)C[C@@H]2C(=O)O)C(C)C1. The summed E-state index contributed by atoms with van der Waals surface area (Å²) in [6, 6.07) is -1.17. The summed E-state index contributed by atoms with van der Waals surface area (Å²) in [6.07, 6.45) is 2.46. The van der Waals surface area contributed by atoms with Gasteiger partial charge in [-0.2, -0.15) is 0 Å². The van der Waals surface area contributed by atoms with Gasteiger partial charge in [0.25, 0.3) is 0 Å². The third-order valence-electron chi connectivity index (χ3n) is 4.57. The number of carbonyl (C=O) groups excluding carboxylic acids is 1. The van der Waals surface area contributed by atoms with Gasteiger partial charge in [0.2, 0.25) is 0 Å². The van der Waals surface area contributed by atoms with E-state index in [1.165, 1.54) is 4.90 Å². The molecular weight excluding hydrogens is 260 g/mol. The predicted octanol–water partition coefficient (Wildman–Crippen LogP) is 1.04. The van der Waals surface area contributed by atoms with Crippen molar-refractivity contribution in [3.63, 3.8) is 0 Å². The molecule has 0 aromatic carbocycles. The molecular formula is C14H24N2O4. The summed E-state index contributed by atoms with van der Waals surface area (Å²) in [5, 5.41) is 21.6. The maximum absolute atomic E-state index is 12.2. The van der Waals surface area contributed by atoms with E-state index in [9.17, 15) is 14.7 Å². The first-order valence-electron chi connectivity index (χ1n) is 7.36. The van der Waals surface area contributed by atoms with Crippen molar-refractivity contribution in [3.8, 4) is 0 Å². The van der Waals surface area contributed by atoms with E-state index in [1.54, 1.807) is 0 Å². The smallest absolute Gasteiger partial charge is 0.326 e. The number of aliphatic carboxylic acids is 1. The first-order chi connectivity index (χ1) is 9.38. The molecule has 2 amide bonds. The van der Waals surface area contributed by atoms with Gasteiger partial charge in [0, 0.05) is 19.0 Å². The predicted molar refractivity (Wildman–Crippen MR) is 73.3 cm³/mol. The Bertz CT molecular complexity index is 387. The zero-order chi connectivity index (χ0) is 14.9. The molecule has 0 bridgehead atoms. The van der Waals surface area contributed by atoms with Crippen LogP contribution in [0.1, 0.15) is 39.5 Å². The van der Waals surface area contributed by atoms with Crippen molar-refractivity contribution in [2.75, 3.05) is 6.54 Å². The van der Waals surface area contributed by atoms with E-state index in [-0.39, 0.29) is 25.0 Å². The standard InChI is InChI=1S/C14H24N2O4/c1-8-3-4-11(9(2)5-8)15-14(20)16-7-10(17)6-12(16)13(18)19/h8-12,17H,3-7H2,1-2H3,(H,15,20)(H,18,19)/t8?,9?,10-,11?,12-/m1/s1. The minimum atomic E-state index is -1.05. The summed E-state index contributed by atoms with van der Waals surface area (Å²) < 4.78 is 0. The summed E-state index contributed by atoms with van der Waals surface area (Å²) in [6.45, 7) is 4.43. The number of β-amino-alcohol motifs (C(OH)–C–C–N with tert-alkyl or cyclic N) is 1. The van der Waals surface area contributed by atoms with Gasteiger partial charge in [-0.25, -0.2) is 9.59 Å². The number of hydrogen-bond acceptors (Lipinski definition) is 3. The van der Waals surface area contributed by atoms with Gasteiger partial charge in [-0.3, -0.25) is 0 Å². The lowest BCUT2D eigenvalue weighted by atomic mass is 9.80. The number of likely N-dealkylation sites (tertiary alicyclic amines) is 1. The Balaban J connectivity index is 1.95. The third-order valence-corrected chi connectivity index (χ3v) is 4.57. The second-order valence-corrected chi connectivity index (χ2v) is 6.35. The Kier molecular flexibility index (Phi) is 4.52. The molecule has 0 aromatic heterocycles. The number of carboxylic acid groups (broad SMARTS) is 1. The quantitative estimate of drug-likeness (QED) is 0.707. The minimum Gasteiger partial charge on any atom is -0.480 e. The molecule has 0 radical (unpaired) electrons. The van der Waals surface area contributed by atoms with Crippen molar-refractivity contribution < 1.29 is 19.8 Å². The molecule has 1 aliphatic heterocycles. The average Bonchev–Trinajstić information content (AvgIpc) is 2.75. The maximum Gasteiger partial charge on any atom is 0.326 e. The van der Waals surface area contributed by atoms with Crippen molar-refractivity contribution in [2.45, 2.75) is 57.7 Å². The molecule has 20 heavy (non-hydrogen) atoms. The number of aliphatic hydroxyl groups is 1. The molecule has 1 saturated heterocycles. The summed E-state index contributed by atoms with van der Waals surface area (Å²) in [7, 11) is 0. The molecule has 6 heteroatoms. The molecule has 2 aliphatic rings. The highest BCUT2D eigenvalue weighted by Gasteiger charge is 2.40. The van der Waals surface area contributed by atoms with Crippen molar-refractivity contribution in [3.05, 3.63) is 0 Å². The van der Waals surface area contributed by atoms with Crippen molar-refractivity contribution in [2.24, 2.45) is 11.8 Å². The zero-order valence-corrected chi connectivity index (χ0v) is 12.1. The van der Waals surface area contributed by atoms with Crippen LogP contribution in [0.15, 0.2) is 0 Å². The van der Waals surface area contributed by atoms with Crippen LogP contribution < -0.4 is 5.32 Å². The number of aliphatic hydroxyl groups excluding tert-OH is 1. The van der Waals surface area contributed by atoms with Crippen LogP contribution in [-0.4, -0.2) is 51.8 Å². The summed E-state index contributed by atoms with van der Waals surface area (Å²) in [5.41, 5.74) is 0. The molecule has 114 valence electrons. The molecule has 1 saturated carbocycles. The molecule has 0 aromatic rings. The number of carboxylic acids is 1. The second-order valence-electron chi connectivity index (χ2n) is 6.35. The van der Waals surface area contributed by atoms with Gasteiger partial charge in [-0.1, -0.05) is 13.8 Å². The topological polar surface area (TPSA) is 89.9 Å². The molecule has 3 N–H and O–H groups in total. The summed E-state index contributed by atoms with van der Waals surface area (Å²) in [5.74, 6) is 0.0269. The number of carbonyl (C=O) groups is 2. The number of nitrogens with zero attached hydrogens (tertiary/aromatic N) is 1. The zero-order valence-electron chi connectivity index (χ0n) is 12.1. The van der Waals surface area contributed by atoms with Crippen LogP contribution in [0.5, 0.6) is 0 Å². The molecule has 3 unspecified atom stereocenters. The fourth-order valence-corrected chi connectivity index (χ4v) is 3.39. The highest BCUT2D eigenvalue weighted by molar-refractivity contribution is 5.83. The van der Waals surface area contributed by atoms with Gasteiger partial charge in [-0.05, 0) is 31.1 Å². The van der Waals surface area contributed by atoms with Gasteiger partial charge < -0.3 is 20.4 Å². The van der Waals surface area contributed by atoms with E-state index in [4.69, 9.17) is 5.11 Å². The van der Waals surface area contributed by atoms with Gasteiger partial charge in [0.05, 0.1) is 6.10 Å². The number of rotatable bonds is 2. The van der Waals surface area contributed by atoms with Crippen LogP contribution in [0.2, 0.25) is 0 Å². The lowest BCUT2D eigenvalue weighted by Crippen LogP contribution is -2.51. The highest BCUT2D eigenvalue weighted by Crippen LogP contribution is 2.29. The van der Waals surface area contributed by atoms with Crippen LogP contribution in [0.4, 0.5) is 4.79 Å². The van der Waals surface area contributed by atoms with E-state index in [1.807, 2.05) is 0 Å². The lowest BCUT2D eigenvalue weighted by Gasteiger charge is -2.34. The van der Waals surface area contributed by atoms with Gasteiger partial charge in [0.1, 0.15) is 6.04 Å². The largest absolute Gasteiger partial charge is 0.480 e. The lowest BCUT2D eigenvalue weighted by molar-refractivity contribution is -0.141. The summed E-state index contributed by atoms with van der Waals surface area (Å²) in [4.78, 5) is 24.6. The molecule has 6 nitrogen and oxygen atoms in total. The van der Waals surface area contributed by atoms with Crippen LogP contribution in [-0.2, 0) is 4.79 Å². The normalized spacial score (nSPS) is 37.8. The van der Waals surface area contributed by atoms with E-state index >= 15 is 0 Å². The average molecular weight is 284 g/mol. The van der Waals surface area contributed by atoms with Gasteiger partial charge in [-0.15, -0.1) is 0 Å². The van der Waals surface area contributed by atoms with E-state index in [0.717, 1.165) is 19.3 Å². The second kappa shape index (κ2) is 5.99. The summed E-state index contributed by atoms with van der Waals surface area (Å²) >= 11 is 0. The van der Waals surface area contributed by atoms with E-state index in [0.29, 0.717) is 11.8 Å². The van der Waals surface area contributed by atoms with Crippen LogP contribution in [0, 0.1) is 11.8 Å². The fraction of sp³-hybridized carbons (Fsp3) is 0.857. The van der Waals surface area contributed by atoms with Crippen LogP contribution in [0.3, 0.4) is 0 Å². The van der Waals surface area contributed by atoms with Crippen molar-refractivity contribution in [1.82, 2.24) is 10.2 Å². The Morgan fingerprint density at radius 3 is 2.50 bits per heavy atom. The number of nitrogens with one attached hydrogen (secondary N) is 1. The Hall–Kier alpha value is -1.30. The van der Waals surface area contributed by atoms with Crippen LogP contribution in [0.25, 0.3) is 0 Å². The number of urea groups is 1. The molecule has 2 fully saturated rings. The Labute approximate surface area is 119 Å². The van der Waals surface area contributed by atoms with E-state index in [2.05, 4.69) is 19.2 Å². The van der Waals surface area contributed by atoms with Gasteiger partial charge >= 0.3 is 12.0 Å². The molecule has 1 heterocycles. The van der Waals surface area contributed by atoms with Crippen molar-refractivity contribution >= 4 is 12.0 Å². The maximum atomic E-state index is 12.2. The van der Waals surface area contributed by atoms with Crippen molar-refractivity contribution in [1.29, 1.82) is 0 Å². The molecule has 2 rings (SSSR count). The first-order valence-corrected chi connectivity index (χ1v) is 7.36. The number of hydrogen-bond donors (Lipinski definition) is 3. The fourth-order valence-electron chi connectivity index (χ4n) is 3.39. The van der Waals surface area contributed by atoms with Crippen LogP contribution >= 0.6 is 0 Å². The Morgan fingerprint density at radius 1 is 1.20 bits per heavy atom.